The number of ether oxygens (including phenoxy) is 1. The number of aliphatic hydroxyl groups is 1. The van der Waals surface area contributed by atoms with Gasteiger partial charge in [-0.2, -0.15) is 0 Å². The predicted molar refractivity (Wildman–Crippen MR) is 70.2 cm³/mol. The van der Waals surface area contributed by atoms with E-state index in [4.69, 9.17) is 5.11 Å². The Morgan fingerprint density at radius 3 is 2.53 bits per heavy atom. The van der Waals surface area contributed by atoms with E-state index >= 15 is 0 Å². The highest BCUT2D eigenvalue weighted by Gasteiger charge is 2.17. The number of methoxy groups -OCH3 is 1. The van der Waals surface area contributed by atoms with Crippen molar-refractivity contribution in [1.82, 2.24) is 4.90 Å². The van der Waals surface area contributed by atoms with Crippen LogP contribution in [0.5, 0.6) is 0 Å². The molecule has 0 saturated carbocycles. The second-order valence-electron chi connectivity index (χ2n) is 4.14. The van der Waals surface area contributed by atoms with Gasteiger partial charge < -0.3 is 14.7 Å². The quantitative estimate of drug-likeness (QED) is 0.746. The van der Waals surface area contributed by atoms with Crippen molar-refractivity contribution in [2.24, 2.45) is 0 Å². The molecule has 0 radical (unpaired) electrons. The molecule has 0 unspecified atom stereocenters. The van der Waals surface area contributed by atoms with Gasteiger partial charge >= 0.3 is 5.97 Å². The van der Waals surface area contributed by atoms with Crippen molar-refractivity contribution in [3.8, 4) is 0 Å². The van der Waals surface area contributed by atoms with E-state index in [9.17, 15) is 9.59 Å². The lowest BCUT2D eigenvalue weighted by Crippen LogP contribution is -2.35. The normalized spacial score (nSPS) is 10.0. The number of hydrogen-bond acceptors (Lipinski definition) is 4. The first-order valence-corrected chi connectivity index (χ1v) is 6.16. The molecule has 19 heavy (non-hydrogen) atoms. The molecule has 0 aliphatic heterocycles. The standard InChI is InChI=1S/C14H19NO4/c1-19-14(18)11-15(13(17)8-5-9-16)10-12-6-3-2-4-7-12/h2-4,6-7,16H,5,8-11H2,1H3. The van der Waals surface area contributed by atoms with Crippen LogP contribution in [0.2, 0.25) is 0 Å². The number of aliphatic hydroxyl groups excluding tert-OH is 1. The molecular weight excluding hydrogens is 246 g/mol. The minimum atomic E-state index is -0.451. The number of carbonyl (C=O) groups is 2. The molecule has 1 aromatic rings. The van der Waals surface area contributed by atoms with Gasteiger partial charge in [0.2, 0.25) is 5.91 Å². The lowest BCUT2D eigenvalue weighted by atomic mass is 10.2. The van der Waals surface area contributed by atoms with E-state index in [2.05, 4.69) is 4.74 Å². The van der Waals surface area contributed by atoms with Gasteiger partial charge in [0, 0.05) is 19.6 Å². The van der Waals surface area contributed by atoms with Crippen LogP contribution in [-0.4, -0.2) is 42.1 Å². The van der Waals surface area contributed by atoms with Crippen LogP contribution in [0.1, 0.15) is 18.4 Å². The zero-order valence-electron chi connectivity index (χ0n) is 11.0. The fraction of sp³-hybridized carbons (Fsp3) is 0.429. The van der Waals surface area contributed by atoms with E-state index in [1.54, 1.807) is 0 Å². The minimum absolute atomic E-state index is 0.0386. The van der Waals surface area contributed by atoms with Crippen LogP contribution in [0.15, 0.2) is 30.3 Å². The van der Waals surface area contributed by atoms with Crippen LogP contribution in [0.4, 0.5) is 0 Å². The fourth-order valence-corrected chi connectivity index (χ4v) is 1.64. The number of rotatable bonds is 7. The first-order valence-electron chi connectivity index (χ1n) is 6.16. The SMILES string of the molecule is COC(=O)CN(Cc1ccccc1)C(=O)CCCO. The molecule has 5 nitrogen and oxygen atoms in total. The third-order valence-corrected chi connectivity index (χ3v) is 2.67. The van der Waals surface area contributed by atoms with Gasteiger partial charge in [-0.1, -0.05) is 30.3 Å². The maximum Gasteiger partial charge on any atom is 0.325 e. The van der Waals surface area contributed by atoms with Gasteiger partial charge in [0.25, 0.3) is 0 Å². The van der Waals surface area contributed by atoms with Crippen LogP contribution in [0.3, 0.4) is 0 Å². The van der Waals surface area contributed by atoms with Crippen molar-refractivity contribution in [1.29, 1.82) is 0 Å². The summed E-state index contributed by atoms with van der Waals surface area (Å²) in [6.07, 6.45) is 0.617. The third-order valence-electron chi connectivity index (χ3n) is 2.67. The Hall–Kier alpha value is -1.88. The van der Waals surface area contributed by atoms with Crippen molar-refractivity contribution in [3.63, 3.8) is 0 Å². The molecule has 5 heteroatoms. The van der Waals surface area contributed by atoms with E-state index in [0.29, 0.717) is 13.0 Å². The zero-order valence-corrected chi connectivity index (χ0v) is 11.0. The van der Waals surface area contributed by atoms with Crippen molar-refractivity contribution in [2.75, 3.05) is 20.3 Å². The summed E-state index contributed by atoms with van der Waals surface area (Å²) in [5, 5.41) is 8.75. The van der Waals surface area contributed by atoms with Crippen molar-refractivity contribution < 1.29 is 19.4 Å². The number of esters is 1. The average Bonchev–Trinajstić information content (AvgIpc) is 2.44. The Morgan fingerprint density at radius 1 is 1.26 bits per heavy atom. The Balaban J connectivity index is 2.68. The lowest BCUT2D eigenvalue weighted by molar-refractivity contribution is -0.147. The Morgan fingerprint density at radius 2 is 1.95 bits per heavy atom. The van der Waals surface area contributed by atoms with E-state index in [0.717, 1.165) is 5.56 Å². The second kappa shape index (κ2) is 8.26. The molecule has 0 atom stereocenters. The van der Waals surface area contributed by atoms with E-state index in [-0.39, 0.29) is 25.5 Å². The maximum absolute atomic E-state index is 12.0. The molecular formula is C14H19NO4. The second-order valence-corrected chi connectivity index (χ2v) is 4.14. The van der Waals surface area contributed by atoms with Gasteiger partial charge in [0.1, 0.15) is 6.54 Å². The molecule has 0 aliphatic rings. The Kier molecular flexibility index (Phi) is 6.60. The number of nitrogens with zero attached hydrogens (tertiary/aromatic N) is 1. The molecule has 1 amide bonds. The summed E-state index contributed by atoms with van der Waals surface area (Å²) >= 11 is 0. The molecule has 0 aliphatic carbocycles. The average molecular weight is 265 g/mol. The molecule has 0 aromatic heterocycles. The summed E-state index contributed by atoms with van der Waals surface area (Å²) in [6, 6.07) is 9.43. The summed E-state index contributed by atoms with van der Waals surface area (Å²) in [5.74, 6) is -0.614. The molecule has 0 bridgehead atoms. The monoisotopic (exact) mass is 265 g/mol. The Labute approximate surface area is 112 Å². The van der Waals surface area contributed by atoms with Gasteiger partial charge in [0.15, 0.2) is 0 Å². The molecule has 0 spiro atoms. The highest BCUT2D eigenvalue weighted by molar-refractivity contribution is 5.82. The van der Waals surface area contributed by atoms with Gasteiger partial charge in [-0.05, 0) is 12.0 Å². The molecule has 0 heterocycles. The van der Waals surface area contributed by atoms with Crippen LogP contribution < -0.4 is 0 Å². The topological polar surface area (TPSA) is 66.8 Å². The number of hydrogen-bond donors (Lipinski definition) is 1. The summed E-state index contributed by atoms with van der Waals surface area (Å²) in [5.41, 5.74) is 0.948. The zero-order chi connectivity index (χ0) is 14.1. The number of amides is 1. The van der Waals surface area contributed by atoms with Crippen LogP contribution in [-0.2, 0) is 20.9 Å². The molecule has 1 rings (SSSR count). The third kappa shape index (κ3) is 5.52. The van der Waals surface area contributed by atoms with E-state index in [1.807, 2.05) is 30.3 Å². The number of carbonyl (C=O) groups excluding carboxylic acids is 2. The van der Waals surface area contributed by atoms with Crippen LogP contribution in [0, 0.1) is 0 Å². The molecule has 104 valence electrons. The summed E-state index contributed by atoms with van der Waals surface area (Å²) < 4.78 is 4.59. The smallest absolute Gasteiger partial charge is 0.325 e. The Bertz CT molecular complexity index is 405. The van der Waals surface area contributed by atoms with E-state index in [1.165, 1.54) is 12.0 Å². The fourth-order valence-electron chi connectivity index (χ4n) is 1.64. The molecule has 1 aromatic carbocycles. The van der Waals surface area contributed by atoms with Gasteiger partial charge in [-0.25, -0.2) is 0 Å². The van der Waals surface area contributed by atoms with Crippen molar-refractivity contribution in [3.05, 3.63) is 35.9 Å². The summed E-state index contributed by atoms with van der Waals surface area (Å²) in [6.45, 7) is 0.249. The largest absolute Gasteiger partial charge is 0.468 e. The highest BCUT2D eigenvalue weighted by atomic mass is 16.5. The molecule has 1 N–H and O–H groups in total. The van der Waals surface area contributed by atoms with Crippen LogP contribution in [0.25, 0.3) is 0 Å². The maximum atomic E-state index is 12.0. The number of benzene rings is 1. The van der Waals surface area contributed by atoms with Gasteiger partial charge in [-0.15, -0.1) is 0 Å². The predicted octanol–water partition coefficient (Wildman–Crippen LogP) is 0.961. The molecule has 0 fully saturated rings. The van der Waals surface area contributed by atoms with Crippen molar-refractivity contribution in [2.45, 2.75) is 19.4 Å². The van der Waals surface area contributed by atoms with Crippen LogP contribution >= 0.6 is 0 Å². The summed E-state index contributed by atoms with van der Waals surface area (Å²) in [4.78, 5) is 24.7. The first kappa shape index (κ1) is 15.2. The van der Waals surface area contributed by atoms with Gasteiger partial charge in [-0.3, -0.25) is 9.59 Å². The van der Waals surface area contributed by atoms with Crippen molar-refractivity contribution >= 4 is 11.9 Å². The van der Waals surface area contributed by atoms with Gasteiger partial charge in [0.05, 0.1) is 7.11 Å². The lowest BCUT2D eigenvalue weighted by Gasteiger charge is -2.21. The first-order chi connectivity index (χ1) is 9.17. The van der Waals surface area contributed by atoms with E-state index < -0.39 is 5.97 Å². The minimum Gasteiger partial charge on any atom is -0.468 e. The summed E-state index contributed by atoms with van der Waals surface area (Å²) in [7, 11) is 1.29. The highest BCUT2D eigenvalue weighted by Crippen LogP contribution is 2.07. The molecule has 0 saturated heterocycles.